The standard InChI is InChI=1S/C23H25N3O3S2/c1-16-10-12-20(13-11-16)31(28,29)26(21-8-5-7-17(2)18(21)3)15-23(27)25-24-19(4)22-9-6-14-30-22/h5-14H,15H2,1-4H3,(H,25,27)/b24-19-. The predicted molar refractivity (Wildman–Crippen MR) is 126 cm³/mol. The SMILES string of the molecule is C/C(=N/NC(=O)CN(c1cccc(C)c1C)S(=O)(=O)c1ccc(C)cc1)c1cccs1. The normalized spacial score (nSPS) is 11.9. The van der Waals surface area contributed by atoms with Crippen molar-refractivity contribution >= 4 is 38.7 Å². The van der Waals surface area contributed by atoms with E-state index in [0.717, 1.165) is 25.9 Å². The largest absolute Gasteiger partial charge is 0.271 e. The Kier molecular flexibility index (Phi) is 6.92. The van der Waals surface area contributed by atoms with E-state index in [4.69, 9.17) is 0 Å². The maximum Gasteiger partial charge on any atom is 0.264 e. The number of nitrogens with one attached hydrogen (secondary N) is 1. The van der Waals surface area contributed by atoms with Crippen molar-refractivity contribution in [2.45, 2.75) is 32.6 Å². The van der Waals surface area contributed by atoms with Crippen molar-refractivity contribution < 1.29 is 13.2 Å². The van der Waals surface area contributed by atoms with Crippen LogP contribution in [0.1, 0.15) is 28.5 Å². The van der Waals surface area contributed by atoms with Crippen LogP contribution in [0.25, 0.3) is 0 Å². The molecule has 0 aliphatic heterocycles. The summed E-state index contributed by atoms with van der Waals surface area (Å²) < 4.78 is 28.1. The zero-order valence-electron chi connectivity index (χ0n) is 17.9. The lowest BCUT2D eigenvalue weighted by Crippen LogP contribution is -2.40. The number of amides is 1. The van der Waals surface area contributed by atoms with Gasteiger partial charge in [0.15, 0.2) is 0 Å². The van der Waals surface area contributed by atoms with Crippen molar-refractivity contribution in [2.75, 3.05) is 10.8 Å². The van der Waals surface area contributed by atoms with Gasteiger partial charge in [-0.2, -0.15) is 5.10 Å². The molecular weight excluding hydrogens is 430 g/mol. The monoisotopic (exact) mass is 455 g/mol. The van der Waals surface area contributed by atoms with Crippen molar-refractivity contribution in [3.63, 3.8) is 0 Å². The summed E-state index contributed by atoms with van der Waals surface area (Å²) in [5.74, 6) is -0.521. The van der Waals surface area contributed by atoms with E-state index in [1.165, 1.54) is 11.3 Å². The molecule has 1 N–H and O–H groups in total. The zero-order chi connectivity index (χ0) is 22.6. The second-order valence-corrected chi connectivity index (χ2v) is 10.1. The van der Waals surface area contributed by atoms with Gasteiger partial charge >= 0.3 is 0 Å². The molecule has 3 aromatic rings. The van der Waals surface area contributed by atoms with E-state index in [-0.39, 0.29) is 11.4 Å². The first-order chi connectivity index (χ1) is 14.7. The number of nitrogens with zero attached hydrogens (tertiary/aromatic N) is 2. The van der Waals surface area contributed by atoms with Crippen molar-refractivity contribution in [3.8, 4) is 0 Å². The Morgan fingerprint density at radius 2 is 1.74 bits per heavy atom. The van der Waals surface area contributed by atoms with Gasteiger partial charge in [0.25, 0.3) is 15.9 Å². The Morgan fingerprint density at radius 3 is 2.39 bits per heavy atom. The van der Waals surface area contributed by atoms with Crippen LogP contribution in [0.5, 0.6) is 0 Å². The van der Waals surface area contributed by atoms with E-state index in [0.29, 0.717) is 11.4 Å². The minimum absolute atomic E-state index is 0.130. The molecule has 0 bridgehead atoms. The number of hydrogen-bond donors (Lipinski definition) is 1. The van der Waals surface area contributed by atoms with Crippen LogP contribution in [0.3, 0.4) is 0 Å². The molecule has 3 rings (SSSR count). The van der Waals surface area contributed by atoms with Crippen LogP contribution in [0.2, 0.25) is 0 Å². The Bertz CT molecular complexity index is 1200. The van der Waals surface area contributed by atoms with Crippen LogP contribution in [0, 0.1) is 20.8 Å². The number of hydrazone groups is 1. The first kappa shape index (κ1) is 22.7. The van der Waals surface area contributed by atoms with Crippen molar-refractivity contribution in [1.82, 2.24) is 5.43 Å². The number of sulfonamides is 1. The van der Waals surface area contributed by atoms with Gasteiger partial charge in [0.05, 0.1) is 16.3 Å². The van der Waals surface area contributed by atoms with Gasteiger partial charge in [-0.3, -0.25) is 9.10 Å². The first-order valence-corrected chi connectivity index (χ1v) is 12.0. The summed E-state index contributed by atoms with van der Waals surface area (Å²) in [6.07, 6.45) is 0. The Morgan fingerprint density at radius 1 is 1.03 bits per heavy atom. The second-order valence-electron chi connectivity index (χ2n) is 7.25. The minimum atomic E-state index is -3.96. The zero-order valence-corrected chi connectivity index (χ0v) is 19.5. The Labute approximate surface area is 187 Å². The van der Waals surface area contributed by atoms with Crippen LogP contribution in [0.4, 0.5) is 5.69 Å². The van der Waals surface area contributed by atoms with Crippen LogP contribution in [-0.4, -0.2) is 26.6 Å². The van der Waals surface area contributed by atoms with Gasteiger partial charge in [-0.15, -0.1) is 11.3 Å². The summed E-state index contributed by atoms with van der Waals surface area (Å²) in [6.45, 7) is 7.04. The number of hydrogen-bond acceptors (Lipinski definition) is 5. The lowest BCUT2D eigenvalue weighted by molar-refractivity contribution is -0.119. The third kappa shape index (κ3) is 5.21. The van der Waals surface area contributed by atoms with Crippen LogP contribution < -0.4 is 9.73 Å². The van der Waals surface area contributed by atoms with Crippen LogP contribution in [0.15, 0.2) is 70.0 Å². The number of anilines is 1. The van der Waals surface area contributed by atoms with Gasteiger partial charge in [0, 0.05) is 4.88 Å². The van der Waals surface area contributed by atoms with E-state index >= 15 is 0 Å². The molecule has 0 radical (unpaired) electrons. The average molecular weight is 456 g/mol. The number of carbonyl (C=O) groups excluding carboxylic acids is 1. The highest BCUT2D eigenvalue weighted by Crippen LogP contribution is 2.28. The number of carbonyl (C=O) groups is 1. The molecule has 0 unspecified atom stereocenters. The Hall–Kier alpha value is -2.97. The maximum absolute atomic E-state index is 13.5. The fourth-order valence-electron chi connectivity index (χ4n) is 2.99. The van der Waals surface area contributed by atoms with Crippen molar-refractivity contribution in [3.05, 3.63) is 81.5 Å². The molecule has 2 aromatic carbocycles. The van der Waals surface area contributed by atoms with E-state index in [1.807, 2.05) is 44.4 Å². The molecule has 1 aromatic heterocycles. The highest BCUT2D eigenvalue weighted by Gasteiger charge is 2.28. The van der Waals surface area contributed by atoms with Gasteiger partial charge in [-0.1, -0.05) is 35.9 Å². The first-order valence-electron chi connectivity index (χ1n) is 9.73. The molecule has 0 aliphatic rings. The van der Waals surface area contributed by atoms with E-state index in [1.54, 1.807) is 43.3 Å². The minimum Gasteiger partial charge on any atom is -0.271 e. The molecule has 31 heavy (non-hydrogen) atoms. The molecular formula is C23H25N3O3S2. The summed E-state index contributed by atoms with van der Waals surface area (Å²) in [5.41, 5.74) is 6.30. The number of rotatable bonds is 7. The Balaban J connectivity index is 1.94. The van der Waals surface area contributed by atoms with Crippen molar-refractivity contribution in [1.29, 1.82) is 0 Å². The predicted octanol–water partition coefficient (Wildman–Crippen LogP) is 4.41. The van der Waals surface area contributed by atoms with E-state index in [9.17, 15) is 13.2 Å². The molecule has 0 saturated heterocycles. The maximum atomic E-state index is 13.5. The second kappa shape index (κ2) is 9.45. The van der Waals surface area contributed by atoms with Crippen molar-refractivity contribution in [2.24, 2.45) is 5.10 Å². The molecule has 0 atom stereocenters. The van der Waals surface area contributed by atoms with Crippen LogP contribution >= 0.6 is 11.3 Å². The number of aryl methyl sites for hydroxylation is 2. The highest BCUT2D eigenvalue weighted by atomic mass is 32.2. The molecule has 0 spiro atoms. The fourth-order valence-corrected chi connectivity index (χ4v) is 5.15. The highest BCUT2D eigenvalue weighted by molar-refractivity contribution is 7.92. The number of benzene rings is 2. The summed E-state index contributed by atoms with van der Waals surface area (Å²) in [7, 11) is -3.96. The van der Waals surface area contributed by atoms with Gasteiger partial charge in [-0.05, 0) is 68.5 Å². The lowest BCUT2D eigenvalue weighted by atomic mass is 10.1. The molecule has 0 aliphatic carbocycles. The summed E-state index contributed by atoms with van der Waals surface area (Å²) >= 11 is 1.51. The molecule has 1 heterocycles. The van der Waals surface area contributed by atoms with E-state index < -0.39 is 15.9 Å². The average Bonchev–Trinajstić information content (AvgIpc) is 3.28. The van der Waals surface area contributed by atoms with Gasteiger partial charge in [0.1, 0.15) is 6.54 Å². The third-order valence-corrected chi connectivity index (χ3v) is 7.72. The lowest BCUT2D eigenvalue weighted by Gasteiger charge is -2.26. The molecule has 6 nitrogen and oxygen atoms in total. The third-order valence-electron chi connectivity index (χ3n) is 4.97. The number of thiophene rings is 1. The van der Waals surface area contributed by atoms with Gasteiger partial charge < -0.3 is 0 Å². The fraction of sp³-hybridized carbons (Fsp3) is 0.217. The molecule has 8 heteroatoms. The smallest absolute Gasteiger partial charge is 0.264 e. The molecule has 0 fully saturated rings. The van der Waals surface area contributed by atoms with E-state index in [2.05, 4.69) is 10.5 Å². The van der Waals surface area contributed by atoms with Gasteiger partial charge in [-0.25, -0.2) is 13.8 Å². The van der Waals surface area contributed by atoms with Gasteiger partial charge in [0.2, 0.25) is 0 Å². The molecule has 162 valence electrons. The quantitative estimate of drug-likeness (QED) is 0.423. The summed E-state index contributed by atoms with van der Waals surface area (Å²) in [4.78, 5) is 13.8. The molecule has 1 amide bonds. The van der Waals surface area contributed by atoms with Crippen LogP contribution in [-0.2, 0) is 14.8 Å². The summed E-state index contributed by atoms with van der Waals surface area (Å²) in [5, 5.41) is 6.05. The topological polar surface area (TPSA) is 78.8 Å². The summed E-state index contributed by atoms with van der Waals surface area (Å²) in [6, 6.07) is 15.8. The molecule has 0 saturated carbocycles.